The van der Waals surface area contributed by atoms with Gasteiger partial charge in [-0.25, -0.2) is 0 Å². The molecule has 2 aromatic rings. The maximum atomic E-state index is 5.55. The lowest BCUT2D eigenvalue weighted by atomic mass is 9.97. The minimum atomic E-state index is 0.489. The van der Waals surface area contributed by atoms with E-state index < -0.39 is 0 Å². The van der Waals surface area contributed by atoms with Crippen LogP contribution in [0.4, 0.5) is 0 Å². The van der Waals surface area contributed by atoms with Gasteiger partial charge in [-0.15, -0.1) is 0 Å². The molecule has 0 aliphatic carbocycles. The van der Waals surface area contributed by atoms with E-state index in [2.05, 4.69) is 85.0 Å². The van der Waals surface area contributed by atoms with Crippen molar-refractivity contribution in [3.8, 4) is 0 Å². The smallest absolute Gasteiger partial charge is 0.00468 e. The quantitative estimate of drug-likeness (QED) is 0.378. The molecule has 0 radical (unpaired) electrons. The van der Waals surface area contributed by atoms with E-state index in [0.29, 0.717) is 5.92 Å². The van der Waals surface area contributed by atoms with Gasteiger partial charge in [-0.3, -0.25) is 0 Å². The Bertz CT molecular complexity index is 593. The number of nitrogens with two attached hydrogens (primary N) is 1. The molecule has 0 heterocycles. The van der Waals surface area contributed by atoms with Gasteiger partial charge in [0, 0.05) is 0 Å². The molecule has 27 heavy (non-hydrogen) atoms. The number of unbranched alkanes of at least 4 members (excludes halogenated alkanes) is 6. The molecule has 0 fully saturated rings. The maximum Gasteiger partial charge on any atom is -0.00468 e. The number of hydrogen-bond acceptors (Lipinski definition) is 1. The molecule has 0 unspecified atom stereocenters. The Balaban J connectivity index is 1.82. The Labute approximate surface area is 166 Å². The zero-order valence-electron chi connectivity index (χ0n) is 16.6. The van der Waals surface area contributed by atoms with E-state index in [1.807, 2.05) is 0 Å². The fourth-order valence-corrected chi connectivity index (χ4v) is 3.26. The second-order valence-electron chi connectivity index (χ2n) is 7.26. The van der Waals surface area contributed by atoms with Crippen molar-refractivity contribution in [1.82, 2.24) is 0 Å². The Morgan fingerprint density at radius 1 is 0.593 bits per heavy atom. The lowest BCUT2D eigenvalue weighted by Gasteiger charge is -2.08. The molecule has 0 saturated carbocycles. The normalized spacial score (nSPS) is 12.8. The highest BCUT2D eigenvalue weighted by atomic mass is 14.5. The molecule has 0 aliphatic rings. The van der Waals surface area contributed by atoms with Crippen LogP contribution < -0.4 is 5.73 Å². The van der Waals surface area contributed by atoms with E-state index in [0.717, 1.165) is 6.54 Å². The van der Waals surface area contributed by atoms with Gasteiger partial charge in [-0.1, -0.05) is 123 Å². The predicted octanol–water partition coefficient (Wildman–Crippen LogP) is 7.11. The van der Waals surface area contributed by atoms with Crippen LogP contribution in [0, 0.1) is 5.92 Å². The van der Waals surface area contributed by atoms with E-state index >= 15 is 0 Å². The Morgan fingerprint density at radius 2 is 1.04 bits per heavy atom. The minimum absolute atomic E-state index is 0.489. The third-order valence-electron chi connectivity index (χ3n) is 4.91. The summed E-state index contributed by atoms with van der Waals surface area (Å²) in [5.74, 6) is 0.489. The van der Waals surface area contributed by atoms with Crippen molar-refractivity contribution in [2.45, 2.75) is 51.4 Å². The van der Waals surface area contributed by atoms with Crippen molar-refractivity contribution >= 4 is 12.2 Å². The second kappa shape index (κ2) is 14.0. The molecular formula is C26H35N. The Morgan fingerprint density at radius 3 is 1.52 bits per heavy atom. The minimum Gasteiger partial charge on any atom is -0.330 e. The summed E-state index contributed by atoms with van der Waals surface area (Å²) in [6.07, 6.45) is 19.6. The van der Waals surface area contributed by atoms with Crippen molar-refractivity contribution in [1.29, 1.82) is 0 Å². The molecule has 2 rings (SSSR count). The van der Waals surface area contributed by atoms with Crippen molar-refractivity contribution in [2.24, 2.45) is 11.7 Å². The van der Waals surface area contributed by atoms with Crippen molar-refractivity contribution in [3.05, 3.63) is 83.9 Å². The molecular weight excluding hydrogens is 326 g/mol. The van der Waals surface area contributed by atoms with Crippen LogP contribution in [0.1, 0.15) is 62.5 Å². The molecule has 1 heteroatoms. The van der Waals surface area contributed by atoms with Crippen LogP contribution in [-0.4, -0.2) is 6.54 Å². The van der Waals surface area contributed by atoms with Crippen LogP contribution in [0.15, 0.2) is 72.8 Å². The summed E-state index contributed by atoms with van der Waals surface area (Å²) in [6, 6.07) is 21.2. The summed E-state index contributed by atoms with van der Waals surface area (Å²) in [6.45, 7) is 0.836. The topological polar surface area (TPSA) is 26.0 Å². The first-order chi connectivity index (χ1) is 13.4. The molecule has 0 atom stereocenters. The fourth-order valence-electron chi connectivity index (χ4n) is 3.26. The van der Waals surface area contributed by atoms with Gasteiger partial charge in [0.15, 0.2) is 0 Å². The molecule has 0 aliphatic heterocycles. The van der Waals surface area contributed by atoms with E-state index in [4.69, 9.17) is 5.73 Å². The zero-order chi connectivity index (χ0) is 19.0. The monoisotopic (exact) mass is 361 g/mol. The summed E-state index contributed by atoms with van der Waals surface area (Å²) in [7, 11) is 0. The van der Waals surface area contributed by atoms with Gasteiger partial charge in [-0.2, -0.15) is 0 Å². The van der Waals surface area contributed by atoms with Gasteiger partial charge in [0.25, 0.3) is 0 Å². The van der Waals surface area contributed by atoms with Crippen LogP contribution in [0.25, 0.3) is 12.2 Å². The van der Waals surface area contributed by atoms with Gasteiger partial charge in [-0.05, 0) is 36.4 Å². The largest absolute Gasteiger partial charge is 0.330 e. The second-order valence-corrected chi connectivity index (χ2v) is 7.26. The first kappa shape index (κ1) is 21.2. The number of hydrogen-bond donors (Lipinski definition) is 1. The van der Waals surface area contributed by atoms with Gasteiger partial charge in [0.1, 0.15) is 0 Å². The average molecular weight is 362 g/mol. The van der Waals surface area contributed by atoms with Crippen molar-refractivity contribution in [3.63, 3.8) is 0 Å². The van der Waals surface area contributed by atoms with Crippen LogP contribution in [0.5, 0.6) is 0 Å². The molecule has 0 aromatic heterocycles. The van der Waals surface area contributed by atoms with Gasteiger partial charge < -0.3 is 5.73 Å². The SMILES string of the molecule is NCCCCCCCCCC(C=Cc1ccccc1)C=Cc1ccccc1. The molecule has 2 aromatic carbocycles. The van der Waals surface area contributed by atoms with Crippen molar-refractivity contribution in [2.75, 3.05) is 6.54 Å². The van der Waals surface area contributed by atoms with E-state index in [1.165, 1.54) is 62.5 Å². The summed E-state index contributed by atoms with van der Waals surface area (Å²) < 4.78 is 0. The molecule has 1 nitrogen and oxygen atoms in total. The Hall–Kier alpha value is -2.12. The first-order valence-corrected chi connectivity index (χ1v) is 10.5. The molecule has 144 valence electrons. The Kier molecular flexibility index (Phi) is 11.0. The highest BCUT2D eigenvalue weighted by molar-refractivity contribution is 5.52. The summed E-state index contributed by atoms with van der Waals surface area (Å²) in [4.78, 5) is 0. The first-order valence-electron chi connectivity index (χ1n) is 10.5. The van der Waals surface area contributed by atoms with Crippen molar-refractivity contribution < 1.29 is 0 Å². The van der Waals surface area contributed by atoms with Crippen LogP contribution >= 0.6 is 0 Å². The third kappa shape index (κ3) is 9.96. The zero-order valence-corrected chi connectivity index (χ0v) is 16.6. The van der Waals surface area contributed by atoms with Gasteiger partial charge in [0.05, 0.1) is 0 Å². The molecule has 0 saturated heterocycles. The molecule has 0 amide bonds. The van der Waals surface area contributed by atoms with Crippen LogP contribution in [-0.2, 0) is 0 Å². The summed E-state index contributed by atoms with van der Waals surface area (Å²) >= 11 is 0. The lowest BCUT2D eigenvalue weighted by Crippen LogP contribution is -1.97. The van der Waals surface area contributed by atoms with E-state index in [1.54, 1.807) is 0 Å². The van der Waals surface area contributed by atoms with Gasteiger partial charge in [0.2, 0.25) is 0 Å². The fraction of sp³-hybridized carbons (Fsp3) is 0.385. The standard InChI is InChI=1S/C26H35N/c27-23-13-5-3-1-2-4-8-18-26(21-19-24-14-9-6-10-15-24)22-20-25-16-11-7-12-17-25/h6-7,9-12,14-17,19-22,26H,1-5,8,13,18,23,27H2. The van der Waals surface area contributed by atoms with Gasteiger partial charge >= 0.3 is 0 Å². The average Bonchev–Trinajstić information content (AvgIpc) is 2.73. The molecule has 0 spiro atoms. The maximum absolute atomic E-state index is 5.55. The lowest BCUT2D eigenvalue weighted by molar-refractivity contribution is 0.552. The third-order valence-corrected chi connectivity index (χ3v) is 4.91. The summed E-state index contributed by atoms with van der Waals surface area (Å²) in [5.41, 5.74) is 8.10. The predicted molar refractivity (Wildman–Crippen MR) is 120 cm³/mol. The highest BCUT2D eigenvalue weighted by Gasteiger charge is 2.01. The number of benzene rings is 2. The molecule has 2 N–H and O–H groups in total. The summed E-state index contributed by atoms with van der Waals surface area (Å²) in [5, 5.41) is 0. The van der Waals surface area contributed by atoms with Crippen LogP contribution in [0.2, 0.25) is 0 Å². The molecule has 0 bridgehead atoms. The highest BCUT2D eigenvalue weighted by Crippen LogP contribution is 2.18. The van der Waals surface area contributed by atoms with Crippen LogP contribution in [0.3, 0.4) is 0 Å². The van der Waals surface area contributed by atoms with E-state index in [9.17, 15) is 0 Å². The van der Waals surface area contributed by atoms with E-state index in [-0.39, 0.29) is 0 Å². The number of allylic oxidation sites excluding steroid dienone is 2. The number of rotatable bonds is 13.